The van der Waals surface area contributed by atoms with Crippen molar-refractivity contribution in [3.8, 4) is 11.5 Å². The molecule has 0 heterocycles. The predicted molar refractivity (Wildman–Crippen MR) is 149 cm³/mol. The molecule has 194 valence electrons. The highest BCUT2D eigenvalue weighted by Gasteiger charge is 2.10. The summed E-state index contributed by atoms with van der Waals surface area (Å²) < 4.78 is 10.9. The van der Waals surface area contributed by atoms with Crippen LogP contribution in [0.2, 0.25) is 5.02 Å². The van der Waals surface area contributed by atoms with Gasteiger partial charge < -0.3 is 20.1 Å². The smallest absolute Gasteiger partial charge is 0.306 e. The van der Waals surface area contributed by atoms with Crippen LogP contribution in [0.3, 0.4) is 0 Å². The quantitative estimate of drug-likeness (QED) is 0.218. The molecule has 8 heteroatoms. The minimum Gasteiger partial charge on any atom is -0.457 e. The second kappa shape index (κ2) is 12.7. The third-order valence-electron chi connectivity index (χ3n) is 5.70. The minimum absolute atomic E-state index is 0.0234. The zero-order valence-corrected chi connectivity index (χ0v) is 21.6. The Morgan fingerprint density at radius 3 is 2.18 bits per heavy atom. The maximum Gasteiger partial charge on any atom is 0.306 e. The first-order chi connectivity index (χ1) is 18.4. The van der Waals surface area contributed by atoms with Crippen molar-refractivity contribution in [1.29, 1.82) is 0 Å². The molecule has 2 amide bonds. The molecule has 2 N–H and O–H groups in total. The SMILES string of the molecule is Cc1ccc(NC(=O)COC(=O)CCCC(=O)Nc2ccc(Oc3ccc4ccccc4c3)cc2)cc1Cl. The van der Waals surface area contributed by atoms with E-state index in [-0.39, 0.29) is 18.7 Å². The molecule has 0 aromatic heterocycles. The van der Waals surface area contributed by atoms with Crippen molar-refractivity contribution >= 4 is 51.5 Å². The fourth-order valence-electron chi connectivity index (χ4n) is 3.68. The number of nitrogens with one attached hydrogen (secondary N) is 2. The molecule has 4 aromatic carbocycles. The Morgan fingerprint density at radius 1 is 0.737 bits per heavy atom. The van der Waals surface area contributed by atoms with Crippen LogP contribution in [0, 0.1) is 6.92 Å². The molecule has 0 radical (unpaired) electrons. The van der Waals surface area contributed by atoms with Crippen molar-refractivity contribution in [2.24, 2.45) is 0 Å². The molecule has 0 aliphatic carbocycles. The van der Waals surface area contributed by atoms with Crippen molar-refractivity contribution in [3.05, 3.63) is 95.5 Å². The number of carbonyl (C=O) groups excluding carboxylic acids is 3. The fourth-order valence-corrected chi connectivity index (χ4v) is 3.86. The van der Waals surface area contributed by atoms with Crippen LogP contribution in [0.4, 0.5) is 11.4 Å². The van der Waals surface area contributed by atoms with E-state index in [2.05, 4.69) is 10.6 Å². The summed E-state index contributed by atoms with van der Waals surface area (Å²) in [6.45, 7) is 1.44. The lowest BCUT2D eigenvalue weighted by atomic mass is 10.1. The number of rotatable bonds is 10. The first-order valence-electron chi connectivity index (χ1n) is 12.1. The van der Waals surface area contributed by atoms with Gasteiger partial charge in [-0.05, 0) is 78.2 Å². The zero-order chi connectivity index (χ0) is 26.9. The summed E-state index contributed by atoms with van der Waals surface area (Å²) in [6, 6.07) is 26.1. The van der Waals surface area contributed by atoms with Gasteiger partial charge in [-0.15, -0.1) is 0 Å². The highest BCUT2D eigenvalue weighted by molar-refractivity contribution is 6.31. The summed E-state index contributed by atoms with van der Waals surface area (Å²) in [6.07, 6.45) is 0.455. The molecule has 0 saturated heterocycles. The van der Waals surface area contributed by atoms with Gasteiger partial charge in [0.15, 0.2) is 6.61 Å². The van der Waals surface area contributed by atoms with Crippen LogP contribution in [0.25, 0.3) is 10.8 Å². The van der Waals surface area contributed by atoms with Gasteiger partial charge >= 0.3 is 5.97 Å². The summed E-state index contributed by atoms with van der Waals surface area (Å²) in [5, 5.41) is 8.17. The number of anilines is 2. The van der Waals surface area contributed by atoms with E-state index in [4.69, 9.17) is 21.1 Å². The Morgan fingerprint density at radius 2 is 1.42 bits per heavy atom. The third-order valence-corrected chi connectivity index (χ3v) is 6.11. The van der Waals surface area contributed by atoms with E-state index < -0.39 is 18.5 Å². The van der Waals surface area contributed by atoms with Crippen LogP contribution in [0.5, 0.6) is 11.5 Å². The van der Waals surface area contributed by atoms with Crippen molar-refractivity contribution in [1.82, 2.24) is 0 Å². The van der Waals surface area contributed by atoms with E-state index in [9.17, 15) is 14.4 Å². The molecular formula is C30H27ClN2O5. The Bertz CT molecular complexity index is 1450. The molecule has 0 atom stereocenters. The van der Waals surface area contributed by atoms with Gasteiger partial charge in [0.25, 0.3) is 5.91 Å². The molecule has 38 heavy (non-hydrogen) atoms. The van der Waals surface area contributed by atoms with Gasteiger partial charge in [-0.2, -0.15) is 0 Å². The number of halogens is 1. The standard InChI is InChI=1S/C30H27ClN2O5/c1-20-9-11-24(18-27(20)31)33-29(35)19-37-30(36)8-4-7-28(34)32-23-12-15-25(16-13-23)38-26-14-10-21-5-2-3-6-22(21)17-26/h2-3,5-6,9-18H,4,7-8,19H2,1H3,(H,32,34)(H,33,35). The highest BCUT2D eigenvalue weighted by atomic mass is 35.5. The number of esters is 1. The average Bonchev–Trinajstić information content (AvgIpc) is 2.91. The molecule has 0 fully saturated rings. The Kier molecular flexibility index (Phi) is 8.95. The Hall–Kier alpha value is -4.36. The lowest BCUT2D eigenvalue weighted by Gasteiger charge is -2.09. The molecule has 4 aromatic rings. The number of amides is 2. The van der Waals surface area contributed by atoms with E-state index in [0.717, 1.165) is 22.1 Å². The highest BCUT2D eigenvalue weighted by Crippen LogP contribution is 2.26. The van der Waals surface area contributed by atoms with E-state index in [1.807, 2.05) is 49.4 Å². The van der Waals surface area contributed by atoms with Gasteiger partial charge in [0, 0.05) is 29.2 Å². The summed E-state index contributed by atoms with van der Waals surface area (Å²) in [5.41, 5.74) is 2.03. The molecule has 7 nitrogen and oxygen atoms in total. The number of ether oxygens (including phenoxy) is 2. The first-order valence-corrected chi connectivity index (χ1v) is 12.5. The van der Waals surface area contributed by atoms with Crippen LogP contribution >= 0.6 is 11.6 Å². The lowest BCUT2D eigenvalue weighted by molar-refractivity contribution is -0.147. The largest absolute Gasteiger partial charge is 0.457 e. The minimum atomic E-state index is -0.551. The Balaban J connectivity index is 1.14. The second-order valence-corrected chi connectivity index (χ2v) is 9.12. The molecule has 0 aliphatic rings. The topological polar surface area (TPSA) is 93.7 Å². The molecule has 0 spiro atoms. The van der Waals surface area contributed by atoms with Crippen LogP contribution in [-0.4, -0.2) is 24.4 Å². The van der Waals surface area contributed by atoms with Crippen molar-refractivity contribution in [2.75, 3.05) is 17.2 Å². The van der Waals surface area contributed by atoms with E-state index in [1.165, 1.54) is 0 Å². The normalized spacial score (nSPS) is 10.6. The van der Waals surface area contributed by atoms with Crippen molar-refractivity contribution < 1.29 is 23.9 Å². The number of carbonyl (C=O) groups is 3. The number of benzene rings is 4. The predicted octanol–water partition coefficient (Wildman–Crippen LogP) is 6.88. The summed E-state index contributed by atoms with van der Waals surface area (Å²) in [5.74, 6) is 0.129. The van der Waals surface area contributed by atoms with Crippen LogP contribution in [-0.2, 0) is 19.1 Å². The van der Waals surface area contributed by atoms with E-state index >= 15 is 0 Å². The van der Waals surface area contributed by atoms with Gasteiger partial charge in [0.2, 0.25) is 5.91 Å². The number of hydrogen-bond acceptors (Lipinski definition) is 5. The average molecular weight is 531 g/mol. The summed E-state index contributed by atoms with van der Waals surface area (Å²) in [7, 11) is 0. The summed E-state index contributed by atoms with van der Waals surface area (Å²) in [4.78, 5) is 36.1. The second-order valence-electron chi connectivity index (χ2n) is 8.71. The van der Waals surface area contributed by atoms with E-state index in [0.29, 0.717) is 28.6 Å². The molecule has 0 bridgehead atoms. The van der Waals surface area contributed by atoms with Crippen LogP contribution in [0.1, 0.15) is 24.8 Å². The summed E-state index contributed by atoms with van der Waals surface area (Å²) >= 11 is 6.04. The van der Waals surface area contributed by atoms with Crippen molar-refractivity contribution in [2.45, 2.75) is 26.2 Å². The zero-order valence-electron chi connectivity index (χ0n) is 20.8. The number of aryl methyl sites for hydroxylation is 1. The maximum atomic E-state index is 12.2. The maximum absolute atomic E-state index is 12.2. The molecule has 0 unspecified atom stereocenters. The first kappa shape index (κ1) is 26.7. The third kappa shape index (κ3) is 7.82. The van der Waals surface area contributed by atoms with Gasteiger partial charge in [-0.3, -0.25) is 14.4 Å². The van der Waals surface area contributed by atoms with Crippen LogP contribution in [0.15, 0.2) is 84.9 Å². The molecule has 0 aliphatic heterocycles. The lowest BCUT2D eigenvalue weighted by Crippen LogP contribution is -2.21. The number of hydrogen-bond donors (Lipinski definition) is 2. The fraction of sp³-hybridized carbons (Fsp3) is 0.167. The molecule has 0 saturated carbocycles. The van der Waals surface area contributed by atoms with Gasteiger partial charge in [-0.25, -0.2) is 0 Å². The van der Waals surface area contributed by atoms with Crippen LogP contribution < -0.4 is 15.4 Å². The monoisotopic (exact) mass is 530 g/mol. The number of fused-ring (bicyclic) bond motifs is 1. The molecule has 4 rings (SSSR count). The van der Waals surface area contributed by atoms with Gasteiger partial charge in [0.05, 0.1) is 0 Å². The van der Waals surface area contributed by atoms with Crippen molar-refractivity contribution in [3.63, 3.8) is 0 Å². The van der Waals surface area contributed by atoms with Gasteiger partial charge in [-0.1, -0.05) is 48.0 Å². The molecular weight excluding hydrogens is 504 g/mol. The van der Waals surface area contributed by atoms with E-state index in [1.54, 1.807) is 42.5 Å². The van der Waals surface area contributed by atoms with Gasteiger partial charge in [0.1, 0.15) is 11.5 Å². The Labute approximate surface area is 225 Å².